The van der Waals surface area contributed by atoms with Crippen molar-refractivity contribution in [3.63, 3.8) is 0 Å². The van der Waals surface area contributed by atoms with Gasteiger partial charge in [0.15, 0.2) is 11.6 Å². The van der Waals surface area contributed by atoms with E-state index in [1.165, 1.54) is 0 Å². The molecule has 0 bridgehead atoms. The number of ketones is 1. The van der Waals surface area contributed by atoms with Crippen LogP contribution in [0.5, 0.6) is 0 Å². The van der Waals surface area contributed by atoms with Gasteiger partial charge in [-0.05, 0) is 43.4 Å². The van der Waals surface area contributed by atoms with Crippen LogP contribution in [0.4, 0.5) is 5.69 Å². The van der Waals surface area contributed by atoms with Crippen molar-refractivity contribution < 1.29 is 19.0 Å². The molecular formula is C23H27N2NaO4S. The Labute approximate surface area is 206 Å². The maximum absolute atomic E-state index is 13.8. The van der Waals surface area contributed by atoms with Crippen LogP contribution in [0.3, 0.4) is 0 Å². The van der Waals surface area contributed by atoms with Crippen molar-refractivity contribution in [2.75, 3.05) is 5.32 Å². The normalized spacial score (nSPS) is 22.6. The van der Waals surface area contributed by atoms with Crippen molar-refractivity contribution in [1.29, 1.82) is 0 Å². The molecule has 0 saturated carbocycles. The van der Waals surface area contributed by atoms with Crippen molar-refractivity contribution in [2.45, 2.75) is 43.9 Å². The first-order valence-electron chi connectivity index (χ1n) is 9.97. The Hall–Kier alpha value is -1.61. The van der Waals surface area contributed by atoms with Crippen LogP contribution in [0.25, 0.3) is 5.76 Å². The van der Waals surface area contributed by atoms with E-state index in [0.29, 0.717) is 23.6 Å². The summed E-state index contributed by atoms with van der Waals surface area (Å²) in [5.74, 6) is -0.0751. The Bertz CT molecular complexity index is 1100. The molecule has 0 amide bonds. The third kappa shape index (κ3) is 4.11. The number of fused-ring (bicyclic) bond motifs is 2. The van der Waals surface area contributed by atoms with Crippen LogP contribution in [-0.2, 0) is 10.2 Å². The first-order chi connectivity index (χ1) is 14.1. The predicted molar refractivity (Wildman–Crippen MR) is 128 cm³/mol. The molecule has 1 atom stereocenters. The molecule has 0 spiro atoms. The van der Waals surface area contributed by atoms with E-state index in [9.17, 15) is 19.0 Å². The van der Waals surface area contributed by atoms with Gasteiger partial charge in [0.2, 0.25) is 0 Å². The topological polar surface area (TPSA) is 102 Å². The second kappa shape index (κ2) is 8.73. The molecule has 160 valence electrons. The number of carbonyl (C=O) groups excluding carboxylic acids is 1. The van der Waals surface area contributed by atoms with E-state index in [-0.39, 0.29) is 57.4 Å². The van der Waals surface area contributed by atoms with Gasteiger partial charge in [-0.1, -0.05) is 61.0 Å². The molecule has 6 nitrogen and oxygen atoms in total. The van der Waals surface area contributed by atoms with E-state index in [1.807, 2.05) is 25.1 Å². The number of amidine groups is 1. The van der Waals surface area contributed by atoms with Crippen molar-refractivity contribution >= 4 is 63.4 Å². The van der Waals surface area contributed by atoms with E-state index in [1.54, 1.807) is 30.3 Å². The molecule has 1 aliphatic carbocycles. The standard InChI is InChI=1S/C23H26N2O4S.Na.H/c1-14(2)12-13-23(3)16-9-5-4-8-15(16)20(26)19(21(23)27)22-24-17-10-6-7-11-18(17)30(28,29)25-22;;/h4-11,14,26,28-29H,12-13H2,1-3H3,(H,24,25);;. The van der Waals surface area contributed by atoms with Crippen LogP contribution in [0.1, 0.15) is 44.7 Å². The van der Waals surface area contributed by atoms with Crippen LogP contribution in [0.2, 0.25) is 0 Å². The number of anilines is 1. The molecule has 4 rings (SSSR count). The van der Waals surface area contributed by atoms with E-state index in [0.717, 1.165) is 12.0 Å². The summed E-state index contributed by atoms with van der Waals surface area (Å²) < 4.78 is 25.3. The molecule has 4 N–H and O–H groups in total. The van der Waals surface area contributed by atoms with Gasteiger partial charge in [0, 0.05) is 5.56 Å². The third-order valence-electron chi connectivity index (χ3n) is 5.85. The number of Topliss-reactive ketones (excluding diaryl/α,β-unsaturated/α-hetero) is 1. The van der Waals surface area contributed by atoms with Crippen molar-refractivity contribution in [1.82, 2.24) is 0 Å². The van der Waals surface area contributed by atoms with E-state index in [4.69, 9.17) is 0 Å². The molecular weight excluding hydrogens is 423 g/mol. The summed E-state index contributed by atoms with van der Waals surface area (Å²) in [5.41, 5.74) is 0.943. The fraction of sp³-hybridized carbons (Fsp3) is 0.304. The number of aliphatic hydroxyl groups is 1. The summed E-state index contributed by atoms with van der Waals surface area (Å²) >= 11 is 0. The molecule has 2 aliphatic rings. The van der Waals surface area contributed by atoms with E-state index < -0.39 is 16.2 Å². The minimum absolute atomic E-state index is 0. The fourth-order valence-electron chi connectivity index (χ4n) is 4.10. The van der Waals surface area contributed by atoms with Gasteiger partial charge in [0.1, 0.15) is 16.2 Å². The van der Waals surface area contributed by atoms with Crippen molar-refractivity contribution in [3.05, 3.63) is 65.2 Å². The predicted octanol–water partition coefficient (Wildman–Crippen LogP) is 5.13. The first kappa shape index (κ1) is 24.0. The number of hydrogen-bond acceptors (Lipinski definition) is 6. The Morgan fingerprint density at radius 2 is 1.74 bits per heavy atom. The summed E-state index contributed by atoms with van der Waals surface area (Å²) in [7, 11) is -3.50. The van der Waals surface area contributed by atoms with Gasteiger partial charge in [-0.3, -0.25) is 13.9 Å². The Morgan fingerprint density at radius 3 is 2.45 bits per heavy atom. The number of nitrogens with one attached hydrogen (secondary N) is 1. The summed E-state index contributed by atoms with van der Waals surface area (Å²) in [5, 5.41) is 14.1. The number of aliphatic hydroxyl groups excluding tert-OH is 1. The second-order valence-electron chi connectivity index (χ2n) is 8.44. The van der Waals surface area contributed by atoms with Crippen LogP contribution in [0.15, 0.2) is 63.4 Å². The summed E-state index contributed by atoms with van der Waals surface area (Å²) in [6, 6.07) is 14.0. The molecule has 31 heavy (non-hydrogen) atoms. The van der Waals surface area contributed by atoms with Crippen molar-refractivity contribution in [3.8, 4) is 0 Å². The zero-order chi connectivity index (χ0) is 21.7. The van der Waals surface area contributed by atoms with E-state index >= 15 is 0 Å². The second-order valence-corrected chi connectivity index (χ2v) is 10.1. The molecule has 0 saturated heterocycles. The molecule has 1 unspecified atom stereocenters. The zero-order valence-corrected chi connectivity index (χ0v) is 18.0. The van der Waals surface area contributed by atoms with Gasteiger partial charge < -0.3 is 10.4 Å². The molecule has 8 heteroatoms. The molecule has 2 aromatic carbocycles. The third-order valence-corrected chi connectivity index (χ3v) is 7.24. The van der Waals surface area contributed by atoms with Crippen LogP contribution < -0.4 is 5.32 Å². The van der Waals surface area contributed by atoms with Crippen molar-refractivity contribution in [2.24, 2.45) is 10.3 Å². The average Bonchev–Trinajstić information content (AvgIpc) is 2.71. The van der Waals surface area contributed by atoms with Crippen LogP contribution in [0, 0.1) is 5.92 Å². The number of carbonyl (C=O) groups is 1. The van der Waals surface area contributed by atoms with Gasteiger partial charge in [-0.15, -0.1) is 4.40 Å². The minimum atomic E-state index is -3.50. The van der Waals surface area contributed by atoms with Crippen LogP contribution in [-0.4, -0.2) is 55.4 Å². The SMILES string of the molecule is CC(C)CCC1(C)C(=O)C(C2=NS(O)(O)c3ccccc3N2)=C(O)c2ccccc21.[NaH]. The molecule has 0 aromatic heterocycles. The van der Waals surface area contributed by atoms with Crippen LogP contribution >= 0.6 is 10.8 Å². The zero-order valence-electron chi connectivity index (χ0n) is 17.2. The quantitative estimate of drug-likeness (QED) is 0.484. The maximum atomic E-state index is 13.8. The fourth-order valence-corrected chi connectivity index (χ4v) is 5.27. The van der Waals surface area contributed by atoms with E-state index in [2.05, 4.69) is 23.6 Å². The van der Waals surface area contributed by atoms with Gasteiger partial charge in [-0.2, -0.15) is 0 Å². The summed E-state index contributed by atoms with van der Waals surface area (Å²) in [6.45, 7) is 6.10. The summed E-state index contributed by atoms with van der Waals surface area (Å²) in [6.07, 6.45) is 1.44. The number of hydrogen-bond donors (Lipinski definition) is 4. The monoisotopic (exact) mass is 450 g/mol. The van der Waals surface area contributed by atoms with Gasteiger partial charge >= 0.3 is 29.6 Å². The Balaban J connectivity index is 0.00000272. The molecule has 2 aromatic rings. The molecule has 1 aliphatic heterocycles. The van der Waals surface area contributed by atoms with Gasteiger partial charge in [0.25, 0.3) is 0 Å². The molecule has 0 radical (unpaired) electrons. The Kier molecular flexibility index (Phi) is 6.77. The van der Waals surface area contributed by atoms with Gasteiger partial charge in [-0.25, -0.2) is 0 Å². The molecule has 0 fully saturated rings. The number of rotatable bonds is 4. The number of benzene rings is 2. The first-order valence-corrected chi connectivity index (χ1v) is 11.5. The van der Waals surface area contributed by atoms with Gasteiger partial charge in [0.05, 0.1) is 11.1 Å². The number of para-hydroxylation sites is 1. The summed E-state index contributed by atoms with van der Waals surface area (Å²) in [4.78, 5) is 14.0. The molecule has 1 heterocycles. The Morgan fingerprint density at radius 1 is 1.10 bits per heavy atom. The average molecular weight is 451 g/mol. The number of nitrogens with zero attached hydrogens (tertiary/aromatic N) is 1.